The highest BCUT2D eigenvalue weighted by Gasteiger charge is 2.35. The molecule has 0 amide bonds. The van der Waals surface area contributed by atoms with Crippen LogP contribution in [0.15, 0.2) is 0 Å². The predicted molar refractivity (Wildman–Crippen MR) is 68.3 cm³/mol. The lowest BCUT2D eigenvalue weighted by Crippen LogP contribution is -2.45. The van der Waals surface area contributed by atoms with Crippen molar-refractivity contribution in [3.05, 3.63) is 0 Å². The van der Waals surface area contributed by atoms with Gasteiger partial charge < -0.3 is 5.73 Å². The first-order valence-electron chi connectivity index (χ1n) is 6.28. The molecular weight excluding hydrogens is 204 g/mol. The quantitative estimate of drug-likeness (QED) is 0.797. The number of hydrogen-bond donors (Lipinski definition) is 1. The van der Waals surface area contributed by atoms with Gasteiger partial charge >= 0.3 is 0 Å². The summed E-state index contributed by atoms with van der Waals surface area (Å²) in [4.78, 5) is 2.66. The second-order valence-electron chi connectivity index (χ2n) is 5.27. The zero-order chi connectivity index (χ0) is 10.7. The molecule has 3 heteroatoms. The maximum atomic E-state index is 5.90. The zero-order valence-electron chi connectivity index (χ0n) is 9.87. The fraction of sp³-hybridized carbons (Fsp3) is 1.00. The van der Waals surface area contributed by atoms with E-state index in [0.717, 1.165) is 12.6 Å². The van der Waals surface area contributed by atoms with Crippen molar-refractivity contribution in [1.82, 2.24) is 4.90 Å². The molecule has 0 radical (unpaired) electrons. The Bertz CT molecular complexity index is 198. The van der Waals surface area contributed by atoms with Gasteiger partial charge in [-0.15, -0.1) is 0 Å². The van der Waals surface area contributed by atoms with Crippen LogP contribution in [0.2, 0.25) is 0 Å². The van der Waals surface area contributed by atoms with Gasteiger partial charge in [0.15, 0.2) is 0 Å². The zero-order valence-corrected chi connectivity index (χ0v) is 10.7. The van der Waals surface area contributed by atoms with Crippen LogP contribution in [0.4, 0.5) is 0 Å². The lowest BCUT2D eigenvalue weighted by Gasteiger charge is -2.43. The highest BCUT2D eigenvalue weighted by atomic mass is 32.2. The molecule has 0 aromatic heterocycles. The van der Waals surface area contributed by atoms with E-state index in [0.29, 0.717) is 5.41 Å². The molecule has 1 atom stereocenters. The van der Waals surface area contributed by atoms with Gasteiger partial charge in [-0.1, -0.05) is 6.42 Å². The van der Waals surface area contributed by atoms with Crippen molar-refractivity contribution >= 4 is 11.8 Å². The first kappa shape index (κ1) is 11.7. The van der Waals surface area contributed by atoms with E-state index in [4.69, 9.17) is 5.73 Å². The summed E-state index contributed by atoms with van der Waals surface area (Å²) in [5.41, 5.74) is 6.43. The summed E-state index contributed by atoms with van der Waals surface area (Å²) in [7, 11) is 0. The van der Waals surface area contributed by atoms with Crippen molar-refractivity contribution < 1.29 is 0 Å². The van der Waals surface area contributed by atoms with Gasteiger partial charge in [0, 0.05) is 24.1 Å². The number of nitrogens with two attached hydrogens (primary N) is 1. The Kier molecular flexibility index (Phi) is 3.97. The molecule has 0 bridgehead atoms. The van der Waals surface area contributed by atoms with E-state index >= 15 is 0 Å². The molecule has 0 aromatic rings. The summed E-state index contributed by atoms with van der Waals surface area (Å²) in [6.07, 6.45) is 5.49. The number of rotatable bonds is 4. The molecule has 2 N–H and O–H groups in total. The average Bonchev–Trinajstić information content (AvgIpc) is 2.19. The molecular formula is C12H24N2S. The molecule has 2 rings (SSSR count). The second kappa shape index (κ2) is 5.07. The lowest BCUT2D eigenvalue weighted by atomic mass is 9.66. The smallest absolute Gasteiger partial charge is 0.0158 e. The molecule has 88 valence electrons. The fourth-order valence-corrected chi connectivity index (χ4v) is 3.79. The summed E-state index contributed by atoms with van der Waals surface area (Å²) < 4.78 is 0. The maximum Gasteiger partial charge on any atom is 0.0158 e. The van der Waals surface area contributed by atoms with Gasteiger partial charge in [-0.2, -0.15) is 11.8 Å². The molecule has 0 aromatic carbocycles. The van der Waals surface area contributed by atoms with Crippen LogP contribution in [0.1, 0.15) is 32.6 Å². The summed E-state index contributed by atoms with van der Waals surface area (Å²) in [5, 5.41) is 0. The second-order valence-corrected chi connectivity index (χ2v) is 6.42. The van der Waals surface area contributed by atoms with Crippen LogP contribution in [-0.4, -0.2) is 42.1 Å². The van der Waals surface area contributed by atoms with E-state index in [1.165, 1.54) is 50.3 Å². The van der Waals surface area contributed by atoms with E-state index in [1.807, 2.05) is 0 Å². The minimum Gasteiger partial charge on any atom is -0.330 e. The molecule has 1 heterocycles. The number of hydrogen-bond acceptors (Lipinski definition) is 3. The van der Waals surface area contributed by atoms with Crippen LogP contribution < -0.4 is 5.73 Å². The Hall–Kier alpha value is 0.270. The average molecular weight is 228 g/mol. The van der Waals surface area contributed by atoms with Crippen LogP contribution in [0.3, 0.4) is 0 Å². The van der Waals surface area contributed by atoms with Gasteiger partial charge in [-0.3, -0.25) is 4.90 Å². The fourth-order valence-electron chi connectivity index (χ4n) is 2.71. The monoisotopic (exact) mass is 228 g/mol. The summed E-state index contributed by atoms with van der Waals surface area (Å²) >= 11 is 2.10. The van der Waals surface area contributed by atoms with E-state index in [1.54, 1.807) is 0 Å². The summed E-state index contributed by atoms with van der Waals surface area (Å²) in [5.74, 6) is 2.63. The van der Waals surface area contributed by atoms with Crippen molar-refractivity contribution in [2.75, 3.05) is 31.1 Å². The van der Waals surface area contributed by atoms with Crippen LogP contribution in [-0.2, 0) is 0 Å². The third-order valence-electron chi connectivity index (χ3n) is 4.28. The van der Waals surface area contributed by atoms with E-state index in [2.05, 4.69) is 23.6 Å². The minimum absolute atomic E-state index is 0.532. The van der Waals surface area contributed by atoms with Crippen molar-refractivity contribution in [3.8, 4) is 0 Å². The normalized spacial score (nSPS) is 31.2. The Balaban J connectivity index is 1.76. The third kappa shape index (κ3) is 2.69. The Morgan fingerprint density at radius 2 is 2.27 bits per heavy atom. The SMILES string of the molecule is CC1CSCCN1CCC1(CN)CCC1. The van der Waals surface area contributed by atoms with E-state index in [-0.39, 0.29) is 0 Å². The predicted octanol–water partition coefficient (Wildman–Crippen LogP) is 1.94. The molecule has 1 aliphatic carbocycles. The van der Waals surface area contributed by atoms with Gasteiger partial charge in [0.2, 0.25) is 0 Å². The lowest BCUT2D eigenvalue weighted by molar-refractivity contribution is 0.0985. The third-order valence-corrected chi connectivity index (χ3v) is 5.47. The van der Waals surface area contributed by atoms with Crippen LogP contribution in [0.5, 0.6) is 0 Å². The molecule has 2 fully saturated rings. The Morgan fingerprint density at radius 1 is 1.47 bits per heavy atom. The van der Waals surface area contributed by atoms with Gasteiger partial charge in [-0.05, 0) is 44.7 Å². The number of nitrogens with zero attached hydrogens (tertiary/aromatic N) is 1. The minimum atomic E-state index is 0.532. The van der Waals surface area contributed by atoms with Gasteiger partial charge in [0.1, 0.15) is 0 Å². The van der Waals surface area contributed by atoms with Crippen molar-refractivity contribution in [2.24, 2.45) is 11.1 Å². The highest BCUT2D eigenvalue weighted by Crippen LogP contribution is 2.43. The highest BCUT2D eigenvalue weighted by molar-refractivity contribution is 7.99. The van der Waals surface area contributed by atoms with Crippen LogP contribution in [0, 0.1) is 5.41 Å². The molecule has 1 saturated heterocycles. The van der Waals surface area contributed by atoms with Crippen molar-refractivity contribution in [2.45, 2.75) is 38.6 Å². The standard InChI is InChI=1S/C12H24N2S/c1-11-9-15-8-7-14(11)6-5-12(10-13)3-2-4-12/h11H,2-10,13H2,1H3. The molecule has 1 unspecified atom stereocenters. The van der Waals surface area contributed by atoms with Gasteiger partial charge in [0.25, 0.3) is 0 Å². The first-order valence-corrected chi connectivity index (χ1v) is 7.43. The molecule has 1 aliphatic heterocycles. The van der Waals surface area contributed by atoms with Crippen LogP contribution in [0.25, 0.3) is 0 Å². The van der Waals surface area contributed by atoms with Gasteiger partial charge in [0.05, 0.1) is 0 Å². The maximum absolute atomic E-state index is 5.90. The number of thioether (sulfide) groups is 1. The van der Waals surface area contributed by atoms with Gasteiger partial charge in [-0.25, -0.2) is 0 Å². The summed E-state index contributed by atoms with van der Waals surface area (Å²) in [6.45, 7) is 5.83. The molecule has 1 saturated carbocycles. The van der Waals surface area contributed by atoms with Crippen LogP contribution >= 0.6 is 11.8 Å². The molecule has 15 heavy (non-hydrogen) atoms. The Morgan fingerprint density at radius 3 is 2.80 bits per heavy atom. The topological polar surface area (TPSA) is 29.3 Å². The van der Waals surface area contributed by atoms with E-state index in [9.17, 15) is 0 Å². The first-order chi connectivity index (χ1) is 7.26. The van der Waals surface area contributed by atoms with Crippen molar-refractivity contribution in [3.63, 3.8) is 0 Å². The molecule has 0 spiro atoms. The molecule has 2 nitrogen and oxygen atoms in total. The van der Waals surface area contributed by atoms with E-state index < -0.39 is 0 Å². The largest absolute Gasteiger partial charge is 0.330 e. The summed E-state index contributed by atoms with van der Waals surface area (Å²) in [6, 6.07) is 0.777. The Labute approximate surface area is 98.0 Å². The van der Waals surface area contributed by atoms with Crippen molar-refractivity contribution in [1.29, 1.82) is 0 Å². The molecule has 2 aliphatic rings.